The van der Waals surface area contributed by atoms with Crippen molar-refractivity contribution in [1.29, 1.82) is 0 Å². The molecule has 1 aromatic carbocycles. The number of alkyl halides is 8. The van der Waals surface area contributed by atoms with E-state index >= 15 is 0 Å². The Bertz CT molecular complexity index is 663. The molecule has 0 heterocycles. The van der Waals surface area contributed by atoms with Crippen LogP contribution in [0.2, 0.25) is 0 Å². The van der Waals surface area contributed by atoms with Crippen LogP contribution in [0.15, 0.2) is 18.2 Å². The molecule has 0 atom stereocenters. The molecule has 0 aliphatic rings. The molecule has 13 heteroatoms. The number of nitrogens with two attached hydrogens (primary N) is 1. The molecule has 4 N–H and O–H groups in total. The molecule has 1 rings (SSSR count). The minimum atomic E-state index is -5.74. The number of aliphatic hydroxyl groups excluding tert-OH is 2. The van der Waals surface area contributed by atoms with Gasteiger partial charge in [-0.3, -0.25) is 0 Å². The van der Waals surface area contributed by atoms with Crippen LogP contribution in [0.1, 0.15) is 30.4 Å². The molecule has 1 aromatic rings. The second-order valence-corrected chi connectivity index (χ2v) is 6.66. The third-order valence-electron chi connectivity index (χ3n) is 4.20. The van der Waals surface area contributed by atoms with Crippen LogP contribution in [-0.2, 0) is 12.6 Å². The Morgan fingerprint density at radius 2 is 1.47 bits per heavy atom. The van der Waals surface area contributed by atoms with Gasteiger partial charge in [-0.1, -0.05) is 6.07 Å². The van der Waals surface area contributed by atoms with Crippen molar-refractivity contribution in [2.45, 2.75) is 49.5 Å². The van der Waals surface area contributed by atoms with E-state index in [1.54, 1.807) is 0 Å². The fourth-order valence-corrected chi connectivity index (χ4v) is 2.30. The van der Waals surface area contributed by atoms with Crippen LogP contribution >= 0.6 is 12.4 Å². The monoisotopic (exact) mass is 475 g/mol. The molecule has 0 radical (unpaired) electrons. The van der Waals surface area contributed by atoms with Gasteiger partial charge in [-0.2, -0.15) is 35.1 Å². The first-order valence-corrected chi connectivity index (χ1v) is 8.43. The fourth-order valence-electron chi connectivity index (χ4n) is 2.30. The first-order valence-electron chi connectivity index (χ1n) is 8.43. The molecular formula is C17H22ClF8NO3. The summed E-state index contributed by atoms with van der Waals surface area (Å²) in [6, 6.07) is 2.90. The van der Waals surface area contributed by atoms with Crippen molar-refractivity contribution < 1.29 is 50.1 Å². The second kappa shape index (κ2) is 10.8. The summed E-state index contributed by atoms with van der Waals surface area (Å²) in [6.45, 7) is -1.94. The standard InChI is InChI=1S/C17H21F8NO3.ClH/c18-15(19,17(23,24)25)5-1-7-29-13-3-2-11(8-12(13)16(20,21)22)4-6-14(26,9-27)10-28;/h2-3,8,27-28H,1,4-7,9-10,26H2;1H. The first kappa shape index (κ1) is 28.6. The van der Waals surface area contributed by atoms with Gasteiger partial charge in [-0.25, -0.2) is 0 Å². The Morgan fingerprint density at radius 3 is 1.93 bits per heavy atom. The smallest absolute Gasteiger partial charge is 0.453 e. The van der Waals surface area contributed by atoms with Gasteiger partial charge in [0, 0.05) is 6.42 Å². The lowest BCUT2D eigenvalue weighted by atomic mass is 9.93. The molecule has 0 fully saturated rings. The van der Waals surface area contributed by atoms with Crippen LogP contribution in [-0.4, -0.2) is 47.7 Å². The van der Waals surface area contributed by atoms with E-state index in [4.69, 9.17) is 20.7 Å². The lowest BCUT2D eigenvalue weighted by molar-refractivity contribution is -0.284. The number of hydrogen-bond acceptors (Lipinski definition) is 4. The van der Waals surface area contributed by atoms with E-state index in [9.17, 15) is 35.1 Å². The molecule has 0 unspecified atom stereocenters. The highest BCUT2D eigenvalue weighted by molar-refractivity contribution is 5.85. The molecule has 0 saturated carbocycles. The molecule has 0 aliphatic carbocycles. The highest BCUT2D eigenvalue weighted by Gasteiger charge is 2.56. The minimum Gasteiger partial charge on any atom is -0.493 e. The first-order chi connectivity index (χ1) is 13.1. The molecule has 0 saturated heterocycles. The number of aliphatic hydroxyl groups is 2. The van der Waals surface area contributed by atoms with Gasteiger partial charge in [0.05, 0.1) is 30.9 Å². The third-order valence-corrected chi connectivity index (χ3v) is 4.20. The maximum atomic E-state index is 13.2. The SMILES string of the molecule is Cl.NC(CO)(CO)CCc1ccc(OCCCC(F)(F)C(F)(F)F)c(C(F)(F)F)c1. The van der Waals surface area contributed by atoms with Crippen molar-refractivity contribution in [3.05, 3.63) is 29.3 Å². The molecule has 0 amide bonds. The Hall–Kier alpha value is -1.37. The number of hydrogen-bond donors (Lipinski definition) is 3. The Kier molecular flexibility index (Phi) is 10.3. The molecule has 0 spiro atoms. The van der Waals surface area contributed by atoms with Gasteiger partial charge < -0.3 is 20.7 Å². The van der Waals surface area contributed by atoms with Gasteiger partial charge in [0.2, 0.25) is 0 Å². The number of aryl methyl sites for hydroxylation is 1. The second-order valence-electron chi connectivity index (χ2n) is 6.66. The fraction of sp³-hybridized carbons (Fsp3) is 0.647. The predicted octanol–water partition coefficient (Wildman–Crippen LogP) is 4.10. The third kappa shape index (κ3) is 8.05. The Labute approximate surface area is 173 Å². The van der Waals surface area contributed by atoms with Gasteiger partial charge in [0.1, 0.15) is 5.75 Å². The van der Waals surface area contributed by atoms with Crippen LogP contribution in [0, 0.1) is 0 Å². The number of rotatable bonds is 10. The van der Waals surface area contributed by atoms with Gasteiger partial charge in [0.15, 0.2) is 0 Å². The molecule has 4 nitrogen and oxygen atoms in total. The largest absolute Gasteiger partial charge is 0.493 e. The van der Waals surface area contributed by atoms with Gasteiger partial charge >= 0.3 is 18.3 Å². The number of benzene rings is 1. The summed E-state index contributed by atoms with van der Waals surface area (Å²) in [6.07, 6.45) is -13.1. The van der Waals surface area contributed by atoms with Crippen LogP contribution in [0.4, 0.5) is 35.1 Å². The Balaban J connectivity index is 0.00000841. The Morgan fingerprint density at radius 1 is 0.900 bits per heavy atom. The zero-order valence-electron chi connectivity index (χ0n) is 15.5. The lowest BCUT2D eigenvalue weighted by Gasteiger charge is -2.24. The molecule has 0 aliphatic heterocycles. The van der Waals surface area contributed by atoms with Crippen molar-refractivity contribution in [2.24, 2.45) is 5.73 Å². The van der Waals surface area contributed by atoms with Gasteiger partial charge in [-0.15, -0.1) is 12.4 Å². The molecule has 176 valence electrons. The van der Waals surface area contributed by atoms with Crippen LogP contribution in [0.3, 0.4) is 0 Å². The molecule has 0 bridgehead atoms. The molecular weight excluding hydrogens is 454 g/mol. The van der Waals surface area contributed by atoms with Crippen molar-refractivity contribution in [2.75, 3.05) is 19.8 Å². The zero-order valence-corrected chi connectivity index (χ0v) is 16.3. The van der Waals surface area contributed by atoms with Crippen molar-refractivity contribution in [3.63, 3.8) is 0 Å². The quantitative estimate of drug-likeness (QED) is 0.352. The van der Waals surface area contributed by atoms with E-state index in [-0.39, 0.29) is 30.8 Å². The average Bonchev–Trinajstić information content (AvgIpc) is 2.62. The highest BCUT2D eigenvalue weighted by atomic mass is 35.5. The summed E-state index contributed by atoms with van der Waals surface area (Å²) in [7, 11) is 0. The lowest BCUT2D eigenvalue weighted by Crippen LogP contribution is -2.47. The van der Waals surface area contributed by atoms with E-state index in [0.717, 1.165) is 12.1 Å². The van der Waals surface area contributed by atoms with E-state index in [2.05, 4.69) is 0 Å². The summed E-state index contributed by atoms with van der Waals surface area (Å²) >= 11 is 0. The normalized spacial score (nSPS) is 13.2. The highest BCUT2D eigenvalue weighted by Crippen LogP contribution is 2.40. The van der Waals surface area contributed by atoms with Gasteiger partial charge in [0.25, 0.3) is 0 Å². The van der Waals surface area contributed by atoms with E-state index in [0.29, 0.717) is 0 Å². The summed E-state index contributed by atoms with van der Waals surface area (Å²) < 4.78 is 106. The topological polar surface area (TPSA) is 75.7 Å². The van der Waals surface area contributed by atoms with E-state index in [1.165, 1.54) is 6.07 Å². The van der Waals surface area contributed by atoms with Crippen LogP contribution < -0.4 is 10.5 Å². The summed E-state index contributed by atoms with van der Waals surface area (Å²) in [5.74, 6) is -5.67. The van der Waals surface area contributed by atoms with Crippen molar-refractivity contribution >= 4 is 12.4 Å². The van der Waals surface area contributed by atoms with Crippen molar-refractivity contribution in [3.8, 4) is 5.75 Å². The number of halogens is 9. The summed E-state index contributed by atoms with van der Waals surface area (Å²) in [5.41, 5.74) is 3.21. The van der Waals surface area contributed by atoms with E-state index in [1.807, 2.05) is 0 Å². The van der Waals surface area contributed by atoms with Crippen molar-refractivity contribution in [1.82, 2.24) is 0 Å². The van der Waals surface area contributed by atoms with Crippen LogP contribution in [0.5, 0.6) is 5.75 Å². The zero-order chi connectivity index (χ0) is 22.5. The van der Waals surface area contributed by atoms with Gasteiger partial charge in [-0.05, 0) is 37.0 Å². The summed E-state index contributed by atoms with van der Waals surface area (Å²) in [4.78, 5) is 0. The maximum absolute atomic E-state index is 13.2. The summed E-state index contributed by atoms with van der Waals surface area (Å²) in [5, 5.41) is 18.2. The maximum Gasteiger partial charge on any atom is 0.453 e. The average molecular weight is 476 g/mol. The predicted molar refractivity (Wildman–Crippen MR) is 93.8 cm³/mol. The molecule has 0 aromatic heterocycles. The van der Waals surface area contributed by atoms with Crippen LogP contribution in [0.25, 0.3) is 0 Å². The molecule has 30 heavy (non-hydrogen) atoms. The minimum absolute atomic E-state index is 0. The van der Waals surface area contributed by atoms with E-state index < -0.39 is 67.8 Å². The number of ether oxygens (including phenoxy) is 1.